The minimum Gasteiger partial charge on any atom is -0.433 e. The van der Waals surface area contributed by atoms with Gasteiger partial charge in [-0.15, -0.1) is 0 Å². The summed E-state index contributed by atoms with van der Waals surface area (Å²) in [6.07, 6.45) is -2.44. The van der Waals surface area contributed by atoms with Crippen molar-refractivity contribution in [3.05, 3.63) is 64.8 Å². The molecule has 0 aliphatic rings. The van der Waals surface area contributed by atoms with Crippen LogP contribution in [0.15, 0.2) is 42.9 Å². The monoisotopic (exact) mass is 461 g/mol. The van der Waals surface area contributed by atoms with Crippen LogP contribution in [0.25, 0.3) is 5.82 Å². The number of nitrogens with one attached hydrogen (secondary N) is 1. The molecule has 3 aromatic rings. The summed E-state index contributed by atoms with van der Waals surface area (Å²) >= 11 is 5.71. The van der Waals surface area contributed by atoms with Crippen LogP contribution in [0.2, 0.25) is 5.02 Å². The highest BCUT2D eigenvalue weighted by Crippen LogP contribution is 2.32. The number of ether oxygens (including phenoxy) is 1. The molecular weight excluding hydrogens is 449 g/mol. The number of alkyl halides is 5. The molecule has 13 heteroatoms. The quantitative estimate of drug-likeness (QED) is 0.549. The van der Waals surface area contributed by atoms with Gasteiger partial charge in [0.2, 0.25) is 0 Å². The van der Waals surface area contributed by atoms with Gasteiger partial charge in [0.1, 0.15) is 12.1 Å². The van der Waals surface area contributed by atoms with E-state index < -0.39 is 30.3 Å². The lowest BCUT2D eigenvalue weighted by molar-refractivity contribution is -0.137. The summed E-state index contributed by atoms with van der Waals surface area (Å²) in [7, 11) is 0. The van der Waals surface area contributed by atoms with Gasteiger partial charge in [-0.05, 0) is 37.3 Å². The molecule has 0 saturated heterocycles. The van der Waals surface area contributed by atoms with Crippen LogP contribution in [0.4, 0.5) is 22.0 Å². The van der Waals surface area contributed by atoms with Crippen molar-refractivity contribution in [2.24, 2.45) is 0 Å². The van der Waals surface area contributed by atoms with Crippen molar-refractivity contribution < 1.29 is 31.5 Å². The van der Waals surface area contributed by atoms with Crippen molar-refractivity contribution >= 4 is 17.5 Å². The lowest BCUT2D eigenvalue weighted by atomic mass is 10.1. The predicted octanol–water partition coefficient (Wildman–Crippen LogP) is 4.43. The van der Waals surface area contributed by atoms with Gasteiger partial charge in [0.15, 0.2) is 11.6 Å². The van der Waals surface area contributed by atoms with E-state index in [-0.39, 0.29) is 28.0 Å². The number of amides is 1. The molecule has 0 unspecified atom stereocenters. The van der Waals surface area contributed by atoms with Crippen LogP contribution in [0.3, 0.4) is 0 Å². The van der Waals surface area contributed by atoms with Crippen molar-refractivity contribution in [1.29, 1.82) is 0 Å². The van der Waals surface area contributed by atoms with E-state index in [1.165, 1.54) is 30.1 Å². The minimum atomic E-state index is -4.67. The Labute approximate surface area is 176 Å². The van der Waals surface area contributed by atoms with E-state index in [1.807, 2.05) is 0 Å². The smallest absolute Gasteiger partial charge is 0.416 e. The van der Waals surface area contributed by atoms with Crippen LogP contribution >= 0.6 is 11.6 Å². The van der Waals surface area contributed by atoms with E-state index in [0.717, 1.165) is 12.3 Å². The standard InChI is InChI=1S/C18H13ClF5N5O2/c1-9(28-16(30)10-4-11(18(22,23)24)6-12(19)5-10)15-26-8-27-29(15)14-3-2-13(7-25-14)31-17(20)21/h2-9,17H,1H3,(H,28,30)/t9-/m0/s1. The third kappa shape index (κ3) is 5.45. The second-order valence-electron chi connectivity index (χ2n) is 6.18. The largest absolute Gasteiger partial charge is 0.433 e. The van der Waals surface area contributed by atoms with Gasteiger partial charge in [0.05, 0.1) is 17.8 Å². The molecule has 164 valence electrons. The lowest BCUT2D eigenvalue weighted by Gasteiger charge is -2.15. The molecule has 0 radical (unpaired) electrons. The molecule has 1 atom stereocenters. The maximum atomic E-state index is 13.0. The third-order valence-corrected chi connectivity index (χ3v) is 4.18. The molecule has 1 aromatic carbocycles. The Balaban J connectivity index is 1.80. The average molecular weight is 462 g/mol. The van der Waals surface area contributed by atoms with E-state index in [9.17, 15) is 26.7 Å². The van der Waals surface area contributed by atoms with Crippen LogP contribution in [-0.4, -0.2) is 32.3 Å². The van der Waals surface area contributed by atoms with E-state index in [1.54, 1.807) is 0 Å². The Kier molecular flexibility index (Phi) is 6.39. The van der Waals surface area contributed by atoms with Gasteiger partial charge in [-0.25, -0.2) is 9.97 Å². The zero-order valence-corrected chi connectivity index (χ0v) is 16.3. The van der Waals surface area contributed by atoms with Crippen LogP contribution in [0, 0.1) is 0 Å². The molecule has 0 aliphatic carbocycles. The molecule has 1 N–H and O–H groups in total. The number of nitrogens with zero attached hydrogens (tertiary/aromatic N) is 4. The molecule has 7 nitrogen and oxygen atoms in total. The number of hydrogen-bond acceptors (Lipinski definition) is 5. The predicted molar refractivity (Wildman–Crippen MR) is 98.1 cm³/mol. The van der Waals surface area contributed by atoms with Gasteiger partial charge in [-0.3, -0.25) is 4.79 Å². The first-order valence-corrected chi connectivity index (χ1v) is 8.92. The summed E-state index contributed by atoms with van der Waals surface area (Å²) in [4.78, 5) is 20.5. The molecule has 0 spiro atoms. The topological polar surface area (TPSA) is 81.9 Å². The van der Waals surface area contributed by atoms with Gasteiger partial charge in [-0.1, -0.05) is 11.6 Å². The van der Waals surface area contributed by atoms with Gasteiger partial charge >= 0.3 is 12.8 Å². The Morgan fingerprint density at radius 3 is 2.55 bits per heavy atom. The molecule has 3 rings (SSSR count). The molecule has 0 aliphatic heterocycles. The summed E-state index contributed by atoms with van der Waals surface area (Å²) in [5.41, 5.74) is -1.35. The number of rotatable bonds is 6. The maximum Gasteiger partial charge on any atom is 0.416 e. The summed E-state index contributed by atoms with van der Waals surface area (Å²) in [5, 5.41) is 6.24. The second-order valence-corrected chi connectivity index (χ2v) is 6.62. The molecule has 1 amide bonds. The number of hydrogen-bond donors (Lipinski definition) is 1. The van der Waals surface area contributed by atoms with Crippen molar-refractivity contribution in [3.8, 4) is 11.6 Å². The first kappa shape index (κ1) is 22.4. The fraction of sp³-hybridized carbons (Fsp3) is 0.222. The highest BCUT2D eigenvalue weighted by molar-refractivity contribution is 6.31. The van der Waals surface area contributed by atoms with Crippen LogP contribution < -0.4 is 10.1 Å². The number of aromatic nitrogens is 4. The Bertz CT molecular complexity index is 1070. The van der Waals surface area contributed by atoms with Gasteiger partial charge in [-0.2, -0.15) is 31.7 Å². The first-order chi connectivity index (χ1) is 14.5. The van der Waals surface area contributed by atoms with Crippen molar-refractivity contribution in [3.63, 3.8) is 0 Å². The maximum absolute atomic E-state index is 13.0. The van der Waals surface area contributed by atoms with Crippen LogP contribution in [-0.2, 0) is 6.18 Å². The Morgan fingerprint density at radius 1 is 1.19 bits per heavy atom. The van der Waals surface area contributed by atoms with Gasteiger partial charge < -0.3 is 10.1 Å². The average Bonchev–Trinajstić information content (AvgIpc) is 3.17. The number of halogens is 6. The SMILES string of the molecule is C[C@H](NC(=O)c1cc(Cl)cc(C(F)(F)F)c1)c1ncnn1-c1ccc(OC(F)F)cn1. The third-order valence-electron chi connectivity index (χ3n) is 3.96. The highest BCUT2D eigenvalue weighted by Gasteiger charge is 2.32. The fourth-order valence-electron chi connectivity index (χ4n) is 2.62. The minimum absolute atomic E-state index is 0.164. The number of pyridine rings is 1. The van der Waals surface area contributed by atoms with E-state index >= 15 is 0 Å². The molecular formula is C18H13ClF5N5O2. The normalized spacial score (nSPS) is 12.6. The Morgan fingerprint density at radius 2 is 1.94 bits per heavy atom. The van der Waals surface area contributed by atoms with Crippen molar-refractivity contribution in [2.45, 2.75) is 25.8 Å². The van der Waals surface area contributed by atoms with Crippen LogP contribution in [0.5, 0.6) is 5.75 Å². The summed E-state index contributed by atoms with van der Waals surface area (Å²) in [5.74, 6) is -0.592. The van der Waals surface area contributed by atoms with Gasteiger partial charge in [0.25, 0.3) is 5.91 Å². The Hall–Kier alpha value is -3.28. The fourth-order valence-corrected chi connectivity index (χ4v) is 2.86. The van der Waals surface area contributed by atoms with Crippen molar-refractivity contribution in [2.75, 3.05) is 0 Å². The second kappa shape index (κ2) is 8.84. The zero-order chi connectivity index (χ0) is 22.8. The molecule has 0 bridgehead atoms. The molecule has 0 saturated carbocycles. The molecule has 0 fully saturated rings. The van der Waals surface area contributed by atoms with Crippen LogP contribution in [0.1, 0.15) is 34.7 Å². The number of benzene rings is 1. The number of carbonyl (C=O) groups is 1. The first-order valence-electron chi connectivity index (χ1n) is 8.54. The number of carbonyl (C=O) groups excluding carboxylic acids is 1. The molecule has 31 heavy (non-hydrogen) atoms. The van der Waals surface area contributed by atoms with Gasteiger partial charge in [0, 0.05) is 10.6 Å². The van der Waals surface area contributed by atoms with E-state index in [2.05, 4.69) is 25.1 Å². The summed E-state index contributed by atoms with van der Waals surface area (Å²) < 4.78 is 68.9. The summed E-state index contributed by atoms with van der Waals surface area (Å²) in [6.45, 7) is -1.48. The molecule has 2 aromatic heterocycles. The summed E-state index contributed by atoms with van der Waals surface area (Å²) in [6, 6.07) is 4.28. The molecule has 2 heterocycles. The van der Waals surface area contributed by atoms with E-state index in [4.69, 9.17) is 11.6 Å². The van der Waals surface area contributed by atoms with E-state index in [0.29, 0.717) is 12.1 Å². The zero-order valence-electron chi connectivity index (χ0n) is 15.6. The lowest BCUT2D eigenvalue weighted by Crippen LogP contribution is -2.29. The highest BCUT2D eigenvalue weighted by atomic mass is 35.5. The van der Waals surface area contributed by atoms with Crippen molar-refractivity contribution in [1.82, 2.24) is 25.1 Å².